The molecule has 7 nitrogen and oxygen atoms in total. The molecule has 112 valence electrons. The molecule has 0 aliphatic rings. The summed E-state index contributed by atoms with van der Waals surface area (Å²) in [6.45, 7) is 0.0962. The predicted molar refractivity (Wildman–Crippen MR) is 73.3 cm³/mol. The fourth-order valence-corrected chi connectivity index (χ4v) is 1.85. The Bertz CT molecular complexity index is 764. The van der Waals surface area contributed by atoms with Crippen LogP contribution in [0, 0.1) is 0 Å². The van der Waals surface area contributed by atoms with Crippen LogP contribution in [0.1, 0.15) is 26.3 Å². The van der Waals surface area contributed by atoms with Crippen molar-refractivity contribution in [1.82, 2.24) is 0 Å². The fraction of sp³-hybridized carbons (Fsp3) is 0. The van der Waals surface area contributed by atoms with Crippen molar-refractivity contribution in [3.8, 4) is 17.2 Å². The fourth-order valence-electron chi connectivity index (χ4n) is 1.85. The molecule has 0 aliphatic heterocycles. The Morgan fingerprint density at radius 1 is 1.00 bits per heavy atom. The number of hydrogen-bond acceptors (Lipinski definition) is 6. The van der Waals surface area contributed by atoms with Gasteiger partial charge in [0.2, 0.25) is 0 Å². The number of carboxylic acid groups (broad SMARTS) is 1. The van der Waals surface area contributed by atoms with E-state index in [1.54, 1.807) is 0 Å². The summed E-state index contributed by atoms with van der Waals surface area (Å²) in [5.74, 6) is -2.84. The molecule has 0 saturated carbocycles. The molecule has 2 aromatic rings. The third kappa shape index (κ3) is 2.88. The first kappa shape index (κ1) is 15.0. The zero-order valence-electron chi connectivity index (χ0n) is 11.0. The van der Waals surface area contributed by atoms with E-state index in [1.165, 1.54) is 12.1 Å². The first-order valence-electron chi connectivity index (χ1n) is 5.98. The van der Waals surface area contributed by atoms with E-state index in [1.807, 2.05) is 0 Å². The summed E-state index contributed by atoms with van der Waals surface area (Å²) in [5, 5.41) is 28.0. The maximum Gasteiger partial charge on any atom is 0.335 e. The molecule has 0 amide bonds. The van der Waals surface area contributed by atoms with E-state index < -0.39 is 17.5 Å². The Labute approximate surface area is 124 Å². The van der Waals surface area contributed by atoms with Gasteiger partial charge in [-0.2, -0.15) is 0 Å². The summed E-state index contributed by atoms with van der Waals surface area (Å²) in [7, 11) is 0. The lowest BCUT2D eigenvalue weighted by molar-refractivity contribution is -0.120. The molecule has 2 aromatic carbocycles. The van der Waals surface area contributed by atoms with Crippen LogP contribution in [0.3, 0.4) is 0 Å². The molecule has 22 heavy (non-hydrogen) atoms. The molecule has 0 fully saturated rings. The van der Waals surface area contributed by atoms with Gasteiger partial charge in [-0.15, -0.1) is 0 Å². The quantitative estimate of drug-likeness (QED) is 0.566. The average molecular weight is 302 g/mol. The van der Waals surface area contributed by atoms with Crippen LogP contribution in [0.25, 0.3) is 0 Å². The van der Waals surface area contributed by atoms with Crippen molar-refractivity contribution in [1.29, 1.82) is 0 Å². The van der Waals surface area contributed by atoms with Gasteiger partial charge in [0.05, 0.1) is 16.7 Å². The summed E-state index contributed by atoms with van der Waals surface area (Å²) in [6.07, 6.45) is 0. The van der Waals surface area contributed by atoms with E-state index in [0.29, 0.717) is 0 Å². The maximum atomic E-state index is 12.4. The number of phenols is 2. The highest BCUT2D eigenvalue weighted by molar-refractivity contribution is 6.12. The van der Waals surface area contributed by atoms with Gasteiger partial charge in [0, 0.05) is 6.07 Å². The lowest BCUT2D eigenvalue weighted by Crippen LogP contribution is -2.06. The molecule has 0 atom stereocenters. The highest BCUT2D eigenvalue weighted by Crippen LogP contribution is 2.29. The van der Waals surface area contributed by atoms with Crippen LogP contribution in [0.4, 0.5) is 0 Å². The molecule has 0 aliphatic carbocycles. The molecule has 0 heterocycles. The summed E-state index contributed by atoms with van der Waals surface area (Å²) in [4.78, 5) is 33.6. The molecule has 7 heteroatoms. The highest BCUT2D eigenvalue weighted by atomic mass is 16.5. The van der Waals surface area contributed by atoms with Gasteiger partial charge in [-0.25, -0.2) is 4.79 Å². The second-order valence-electron chi connectivity index (χ2n) is 4.26. The first-order chi connectivity index (χ1) is 10.4. The number of carbonyl (C=O) groups excluding carboxylic acids is 2. The molecule has 0 spiro atoms. The number of ketones is 1. The Morgan fingerprint density at radius 2 is 1.68 bits per heavy atom. The first-order valence-corrected chi connectivity index (χ1v) is 5.98. The topological polar surface area (TPSA) is 121 Å². The molecule has 0 unspecified atom stereocenters. The van der Waals surface area contributed by atoms with Crippen LogP contribution in [0.5, 0.6) is 17.2 Å². The second kappa shape index (κ2) is 5.96. The molecule has 0 saturated heterocycles. The Morgan fingerprint density at radius 3 is 2.27 bits per heavy atom. The largest absolute Gasteiger partial charge is 0.508 e. The van der Waals surface area contributed by atoms with E-state index in [-0.39, 0.29) is 34.7 Å². The third-order valence-corrected chi connectivity index (χ3v) is 2.87. The molecular formula is C15H10O7. The minimum absolute atomic E-state index is 0.0664. The standard InChI is InChI=1S/C15H10O7/c16-7-22-13-6-9(17)2-4-11(13)14(19)10-3-1-8(15(20)21)5-12(10)18/h1-7,17-18H,(H,20,21). The number of ether oxygens (including phenoxy) is 1. The number of rotatable bonds is 5. The van der Waals surface area contributed by atoms with Crippen molar-refractivity contribution < 1.29 is 34.4 Å². The lowest BCUT2D eigenvalue weighted by Gasteiger charge is -2.09. The smallest absolute Gasteiger partial charge is 0.335 e. The van der Waals surface area contributed by atoms with Crippen molar-refractivity contribution in [2.45, 2.75) is 0 Å². The van der Waals surface area contributed by atoms with Gasteiger partial charge < -0.3 is 20.1 Å². The number of hydrogen-bond donors (Lipinski definition) is 3. The Hall–Kier alpha value is -3.35. The van der Waals surface area contributed by atoms with Gasteiger partial charge in [-0.3, -0.25) is 9.59 Å². The van der Waals surface area contributed by atoms with Gasteiger partial charge >= 0.3 is 5.97 Å². The van der Waals surface area contributed by atoms with Crippen molar-refractivity contribution in [2.24, 2.45) is 0 Å². The molecule has 0 bridgehead atoms. The molecule has 0 aromatic heterocycles. The number of aromatic carboxylic acids is 1. The highest BCUT2D eigenvalue weighted by Gasteiger charge is 2.19. The summed E-state index contributed by atoms with van der Waals surface area (Å²) in [5.41, 5.74) is -0.404. The average Bonchev–Trinajstić information content (AvgIpc) is 2.47. The van der Waals surface area contributed by atoms with Gasteiger partial charge in [-0.05, 0) is 30.3 Å². The van der Waals surface area contributed by atoms with Gasteiger partial charge in [0.25, 0.3) is 6.47 Å². The SMILES string of the molecule is O=COc1cc(O)ccc1C(=O)c1ccc(C(=O)O)cc1O. The normalized spacial score (nSPS) is 10.0. The van der Waals surface area contributed by atoms with Crippen LogP contribution in [0.15, 0.2) is 36.4 Å². The van der Waals surface area contributed by atoms with Crippen molar-refractivity contribution in [2.75, 3.05) is 0 Å². The number of benzene rings is 2. The van der Waals surface area contributed by atoms with E-state index in [0.717, 1.165) is 24.3 Å². The number of aromatic hydroxyl groups is 2. The maximum absolute atomic E-state index is 12.4. The van der Waals surface area contributed by atoms with Crippen molar-refractivity contribution in [3.63, 3.8) is 0 Å². The van der Waals surface area contributed by atoms with Gasteiger partial charge in [-0.1, -0.05) is 0 Å². The van der Waals surface area contributed by atoms with Gasteiger partial charge in [0.1, 0.15) is 17.2 Å². The van der Waals surface area contributed by atoms with Crippen LogP contribution < -0.4 is 4.74 Å². The summed E-state index contributed by atoms with van der Waals surface area (Å²) < 4.78 is 4.63. The van der Waals surface area contributed by atoms with Crippen LogP contribution in [0.2, 0.25) is 0 Å². The number of carbonyl (C=O) groups is 3. The molecular weight excluding hydrogens is 292 g/mol. The van der Waals surface area contributed by atoms with Crippen LogP contribution in [-0.4, -0.2) is 33.5 Å². The second-order valence-corrected chi connectivity index (χ2v) is 4.26. The minimum atomic E-state index is -1.25. The van der Waals surface area contributed by atoms with Gasteiger partial charge in [0.15, 0.2) is 5.78 Å². The summed E-state index contributed by atoms with van der Waals surface area (Å²) in [6, 6.07) is 6.77. The molecule has 2 rings (SSSR count). The summed E-state index contributed by atoms with van der Waals surface area (Å²) >= 11 is 0. The molecule has 0 radical (unpaired) electrons. The van der Waals surface area contributed by atoms with Crippen LogP contribution >= 0.6 is 0 Å². The van der Waals surface area contributed by atoms with E-state index in [4.69, 9.17) is 5.11 Å². The monoisotopic (exact) mass is 302 g/mol. The number of carboxylic acids is 1. The van der Waals surface area contributed by atoms with Crippen molar-refractivity contribution >= 4 is 18.2 Å². The zero-order chi connectivity index (χ0) is 16.3. The molecule has 3 N–H and O–H groups in total. The Kier molecular flexibility index (Phi) is 4.08. The third-order valence-electron chi connectivity index (χ3n) is 2.87. The van der Waals surface area contributed by atoms with Crippen molar-refractivity contribution in [3.05, 3.63) is 53.1 Å². The minimum Gasteiger partial charge on any atom is -0.508 e. The number of phenolic OH excluding ortho intramolecular Hbond substituents is 2. The zero-order valence-corrected chi connectivity index (χ0v) is 11.0. The van der Waals surface area contributed by atoms with E-state index in [9.17, 15) is 24.6 Å². The lowest BCUT2D eigenvalue weighted by atomic mass is 10.00. The van der Waals surface area contributed by atoms with Crippen LogP contribution in [-0.2, 0) is 4.79 Å². The predicted octanol–water partition coefficient (Wildman–Crippen LogP) is 1.56. The van der Waals surface area contributed by atoms with E-state index >= 15 is 0 Å². The van der Waals surface area contributed by atoms with E-state index in [2.05, 4.69) is 4.74 Å². The Balaban J connectivity index is 2.48.